The van der Waals surface area contributed by atoms with Crippen LogP contribution in [0.3, 0.4) is 0 Å². The summed E-state index contributed by atoms with van der Waals surface area (Å²) >= 11 is 4.62. The Labute approximate surface area is 92.9 Å². The molecule has 0 aliphatic rings. The van der Waals surface area contributed by atoms with Crippen LogP contribution in [0.5, 0.6) is 0 Å². The molecule has 0 saturated carbocycles. The van der Waals surface area contributed by atoms with Crippen LogP contribution in [0, 0.1) is 0 Å². The van der Waals surface area contributed by atoms with Crippen molar-refractivity contribution in [2.24, 2.45) is 5.73 Å². The topological polar surface area (TPSA) is 85.8 Å². The van der Waals surface area contributed by atoms with E-state index in [9.17, 15) is 4.79 Å². The van der Waals surface area contributed by atoms with Crippen LogP contribution in [0.2, 0.25) is 0 Å². The Kier molecular flexibility index (Phi) is 4.17. The highest BCUT2D eigenvalue weighted by atomic mass is 32.1. The molecular formula is C8H13N5OS. The third-order valence-electron chi connectivity index (χ3n) is 1.81. The highest BCUT2D eigenvalue weighted by Gasteiger charge is 2.06. The van der Waals surface area contributed by atoms with Gasteiger partial charge in [-0.15, -0.1) is 10.2 Å². The first-order valence-electron chi connectivity index (χ1n) is 4.55. The zero-order valence-corrected chi connectivity index (χ0v) is 9.25. The fourth-order valence-electron chi connectivity index (χ4n) is 1.08. The van der Waals surface area contributed by atoms with Gasteiger partial charge in [-0.05, 0) is 6.92 Å². The van der Waals surface area contributed by atoms with E-state index in [1.54, 1.807) is 6.33 Å². The minimum absolute atomic E-state index is 0.0651. The molecule has 1 rings (SSSR count). The summed E-state index contributed by atoms with van der Waals surface area (Å²) < 4.78 is 1.85. The predicted octanol–water partition coefficient (Wildman–Crippen LogP) is -0.410. The van der Waals surface area contributed by atoms with Gasteiger partial charge < -0.3 is 15.6 Å². The number of carbonyl (C=O) groups excluding carboxylic acids is 1. The van der Waals surface area contributed by atoms with E-state index in [-0.39, 0.29) is 17.3 Å². The number of hydrogen-bond acceptors (Lipinski definition) is 4. The molecule has 7 heteroatoms. The van der Waals surface area contributed by atoms with Gasteiger partial charge in [-0.2, -0.15) is 0 Å². The van der Waals surface area contributed by atoms with E-state index in [1.165, 1.54) is 0 Å². The van der Waals surface area contributed by atoms with Gasteiger partial charge in [-0.1, -0.05) is 12.2 Å². The van der Waals surface area contributed by atoms with Gasteiger partial charge in [0.15, 0.2) is 5.82 Å². The van der Waals surface area contributed by atoms with Crippen molar-refractivity contribution in [2.45, 2.75) is 26.4 Å². The molecule has 3 N–H and O–H groups in total. The lowest BCUT2D eigenvalue weighted by atomic mass is 10.4. The number of nitrogens with zero attached hydrogens (tertiary/aromatic N) is 3. The molecule has 1 heterocycles. The summed E-state index contributed by atoms with van der Waals surface area (Å²) in [5.41, 5.74) is 5.24. The molecular weight excluding hydrogens is 214 g/mol. The number of rotatable bonds is 5. The summed E-state index contributed by atoms with van der Waals surface area (Å²) in [5.74, 6) is 0.516. The number of aromatic nitrogens is 3. The summed E-state index contributed by atoms with van der Waals surface area (Å²) in [6.45, 7) is 3.09. The smallest absolute Gasteiger partial charge is 0.227 e. The monoisotopic (exact) mass is 227 g/mol. The van der Waals surface area contributed by atoms with E-state index >= 15 is 0 Å². The Morgan fingerprint density at radius 1 is 1.73 bits per heavy atom. The number of thiocarbonyl (C=S) groups is 1. The molecule has 0 radical (unpaired) electrons. The second-order valence-corrected chi connectivity index (χ2v) is 3.48. The maximum absolute atomic E-state index is 11.2. The standard InChI is InChI=1S/C8H13N5OS/c1-2-13-5-11-12-7(13)4-10-8(14)3-6(9)15/h5H,2-4H2,1H3,(H2,9,15)(H,10,14). The molecule has 0 unspecified atom stereocenters. The first-order valence-corrected chi connectivity index (χ1v) is 4.96. The van der Waals surface area contributed by atoms with Crippen LogP contribution < -0.4 is 11.1 Å². The lowest BCUT2D eigenvalue weighted by Crippen LogP contribution is -2.28. The average molecular weight is 227 g/mol. The van der Waals surface area contributed by atoms with Crippen molar-refractivity contribution in [1.29, 1.82) is 0 Å². The Hall–Kier alpha value is -1.50. The van der Waals surface area contributed by atoms with Crippen molar-refractivity contribution < 1.29 is 4.79 Å². The molecule has 0 saturated heterocycles. The fraction of sp³-hybridized carbons (Fsp3) is 0.500. The molecule has 0 aliphatic carbocycles. The fourth-order valence-corrected chi connectivity index (χ4v) is 1.21. The van der Waals surface area contributed by atoms with Crippen molar-refractivity contribution in [1.82, 2.24) is 20.1 Å². The molecule has 0 atom stereocenters. The van der Waals surface area contributed by atoms with Gasteiger partial charge in [0, 0.05) is 6.54 Å². The van der Waals surface area contributed by atoms with Crippen LogP contribution in [0.25, 0.3) is 0 Å². The van der Waals surface area contributed by atoms with Gasteiger partial charge in [-0.25, -0.2) is 0 Å². The maximum atomic E-state index is 11.2. The maximum Gasteiger partial charge on any atom is 0.227 e. The Morgan fingerprint density at radius 2 is 2.47 bits per heavy atom. The minimum atomic E-state index is -0.201. The predicted molar refractivity (Wildman–Crippen MR) is 58.9 cm³/mol. The molecule has 0 aromatic carbocycles. The van der Waals surface area contributed by atoms with Crippen molar-refractivity contribution in [3.63, 3.8) is 0 Å². The zero-order chi connectivity index (χ0) is 11.3. The third kappa shape index (κ3) is 3.62. The van der Waals surface area contributed by atoms with Gasteiger partial charge >= 0.3 is 0 Å². The van der Waals surface area contributed by atoms with E-state index in [0.717, 1.165) is 6.54 Å². The lowest BCUT2D eigenvalue weighted by Gasteiger charge is -2.04. The van der Waals surface area contributed by atoms with E-state index in [2.05, 4.69) is 27.7 Å². The van der Waals surface area contributed by atoms with Gasteiger partial charge in [0.2, 0.25) is 5.91 Å². The number of nitrogens with two attached hydrogens (primary N) is 1. The first-order chi connectivity index (χ1) is 7.13. The van der Waals surface area contributed by atoms with E-state index < -0.39 is 0 Å². The molecule has 82 valence electrons. The molecule has 0 bridgehead atoms. The summed E-state index contributed by atoms with van der Waals surface area (Å²) in [6.07, 6.45) is 1.69. The van der Waals surface area contributed by atoms with Crippen LogP contribution in [-0.4, -0.2) is 25.7 Å². The number of carbonyl (C=O) groups is 1. The normalized spacial score (nSPS) is 9.93. The number of nitrogens with one attached hydrogen (secondary N) is 1. The largest absolute Gasteiger partial charge is 0.393 e. The van der Waals surface area contributed by atoms with Crippen molar-refractivity contribution in [3.05, 3.63) is 12.2 Å². The van der Waals surface area contributed by atoms with Crippen molar-refractivity contribution in [2.75, 3.05) is 0 Å². The summed E-state index contributed by atoms with van der Waals surface area (Å²) in [7, 11) is 0. The van der Waals surface area contributed by atoms with Crippen LogP contribution in [0.4, 0.5) is 0 Å². The number of amides is 1. The number of aryl methyl sites for hydroxylation is 1. The summed E-state index contributed by atoms with van der Waals surface area (Å²) in [4.78, 5) is 11.4. The third-order valence-corrected chi connectivity index (χ3v) is 1.96. The molecule has 0 fully saturated rings. The summed E-state index contributed by atoms with van der Waals surface area (Å²) in [6, 6.07) is 0. The zero-order valence-electron chi connectivity index (χ0n) is 8.43. The molecule has 1 aromatic heterocycles. The van der Waals surface area contributed by atoms with E-state index in [4.69, 9.17) is 5.73 Å². The van der Waals surface area contributed by atoms with E-state index in [0.29, 0.717) is 12.4 Å². The Bertz CT molecular complexity index is 362. The quantitative estimate of drug-likeness (QED) is 0.668. The molecule has 0 spiro atoms. The first kappa shape index (κ1) is 11.6. The van der Waals surface area contributed by atoms with Crippen molar-refractivity contribution >= 4 is 23.1 Å². The Morgan fingerprint density at radius 3 is 3.07 bits per heavy atom. The van der Waals surface area contributed by atoms with Crippen LogP contribution in [0.15, 0.2) is 6.33 Å². The summed E-state index contributed by atoms with van der Waals surface area (Å²) in [5, 5.41) is 10.3. The van der Waals surface area contributed by atoms with Crippen LogP contribution in [-0.2, 0) is 17.9 Å². The van der Waals surface area contributed by atoms with Gasteiger partial charge in [-0.3, -0.25) is 4.79 Å². The SMILES string of the molecule is CCn1cnnc1CNC(=O)CC(N)=S. The lowest BCUT2D eigenvalue weighted by molar-refractivity contribution is -0.120. The average Bonchev–Trinajstić information content (AvgIpc) is 2.60. The highest BCUT2D eigenvalue weighted by molar-refractivity contribution is 7.80. The number of hydrogen-bond donors (Lipinski definition) is 2. The molecule has 15 heavy (non-hydrogen) atoms. The van der Waals surface area contributed by atoms with Crippen LogP contribution >= 0.6 is 12.2 Å². The molecule has 1 aromatic rings. The molecule has 0 aliphatic heterocycles. The minimum Gasteiger partial charge on any atom is -0.393 e. The molecule has 1 amide bonds. The second-order valence-electron chi connectivity index (χ2n) is 2.95. The van der Waals surface area contributed by atoms with Crippen LogP contribution in [0.1, 0.15) is 19.2 Å². The highest BCUT2D eigenvalue weighted by Crippen LogP contribution is 1.94. The molecule has 6 nitrogen and oxygen atoms in total. The second kappa shape index (κ2) is 5.40. The Balaban J connectivity index is 2.43. The van der Waals surface area contributed by atoms with E-state index in [1.807, 2.05) is 11.5 Å². The van der Waals surface area contributed by atoms with Gasteiger partial charge in [0.25, 0.3) is 0 Å². The van der Waals surface area contributed by atoms with Crippen molar-refractivity contribution in [3.8, 4) is 0 Å². The van der Waals surface area contributed by atoms with Gasteiger partial charge in [0.1, 0.15) is 6.33 Å². The van der Waals surface area contributed by atoms with Gasteiger partial charge in [0.05, 0.1) is 18.0 Å².